The fraction of sp³-hybridized carbons (Fsp3) is 0.111. The topological polar surface area (TPSA) is 141 Å². The van der Waals surface area contributed by atoms with Crippen LogP contribution >= 0.6 is 11.3 Å². The van der Waals surface area contributed by atoms with Crippen LogP contribution in [0.25, 0.3) is 11.8 Å². The second-order valence-electron chi connectivity index (χ2n) is 8.95. The van der Waals surface area contributed by atoms with Gasteiger partial charge in [-0.05, 0) is 41.2 Å². The normalized spacial score (nSPS) is 16.3. The molecule has 0 saturated carbocycles. The van der Waals surface area contributed by atoms with Gasteiger partial charge in [-0.3, -0.25) is 29.6 Å². The van der Waals surface area contributed by atoms with Gasteiger partial charge < -0.3 is 5.11 Å². The van der Waals surface area contributed by atoms with Gasteiger partial charge in [-0.25, -0.2) is 4.99 Å². The van der Waals surface area contributed by atoms with Crippen LogP contribution in [0.1, 0.15) is 34.7 Å². The molecular formula is C27H18N4O6S. The smallest absolute Gasteiger partial charge is 0.318 e. The summed E-state index contributed by atoms with van der Waals surface area (Å²) in [7, 11) is 0. The second-order valence-corrected chi connectivity index (χ2v) is 9.96. The number of phenols is 1. The minimum absolute atomic E-state index is 0.0526. The van der Waals surface area contributed by atoms with E-state index in [1.807, 2.05) is 48.5 Å². The number of aryl methyl sites for hydroxylation is 1. The number of benzene rings is 3. The van der Waals surface area contributed by atoms with Gasteiger partial charge in [0, 0.05) is 17.7 Å². The lowest BCUT2D eigenvalue weighted by Crippen LogP contribution is -2.38. The Labute approximate surface area is 218 Å². The molecule has 0 spiro atoms. The van der Waals surface area contributed by atoms with E-state index in [0.29, 0.717) is 4.80 Å². The van der Waals surface area contributed by atoms with Crippen molar-refractivity contribution in [1.82, 2.24) is 4.57 Å². The summed E-state index contributed by atoms with van der Waals surface area (Å²) in [5.74, 6) is -1.03. The maximum absolute atomic E-state index is 13.8. The SMILES string of the molecule is O=c1/c(=C/c2cc([N+](=O)[O-])c(O)c([N+](=O)[O-])c2)sc2n1[C@@H](c1ccccc1)C1=C(N=2)c2ccccc2CC1. The summed E-state index contributed by atoms with van der Waals surface area (Å²) in [6, 6.07) is 19.3. The molecule has 1 aliphatic carbocycles. The Balaban J connectivity index is 1.61. The fourth-order valence-electron chi connectivity index (χ4n) is 5.10. The molecule has 38 heavy (non-hydrogen) atoms. The highest BCUT2D eigenvalue weighted by atomic mass is 32.1. The Hall–Kier alpha value is -4.90. The van der Waals surface area contributed by atoms with Crippen molar-refractivity contribution in [3.05, 3.63) is 134 Å². The lowest BCUT2D eigenvalue weighted by atomic mass is 9.83. The van der Waals surface area contributed by atoms with Crippen molar-refractivity contribution >= 4 is 34.5 Å². The maximum Gasteiger partial charge on any atom is 0.318 e. The van der Waals surface area contributed by atoms with Crippen molar-refractivity contribution in [3.8, 4) is 5.75 Å². The molecule has 2 aliphatic rings. The number of nitro benzene ring substituents is 2. The fourth-order valence-corrected chi connectivity index (χ4v) is 6.10. The lowest BCUT2D eigenvalue weighted by molar-refractivity contribution is -0.396. The van der Waals surface area contributed by atoms with Crippen LogP contribution in [0.2, 0.25) is 0 Å². The summed E-state index contributed by atoms with van der Waals surface area (Å²) in [5.41, 5.74) is 3.08. The Bertz CT molecular complexity index is 1840. The molecule has 188 valence electrons. The van der Waals surface area contributed by atoms with Crippen LogP contribution in [0.15, 0.2) is 82.1 Å². The zero-order valence-electron chi connectivity index (χ0n) is 19.6. The number of hydrogen-bond acceptors (Lipinski definition) is 8. The zero-order chi connectivity index (χ0) is 26.6. The third-order valence-electron chi connectivity index (χ3n) is 6.77. The van der Waals surface area contributed by atoms with E-state index in [2.05, 4.69) is 6.07 Å². The van der Waals surface area contributed by atoms with Crippen LogP contribution < -0.4 is 14.9 Å². The quantitative estimate of drug-likeness (QED) is 0.316. The highest BCUT2D eigenvalue weighted by molar-refractivity contribution is 7.07. The molecule has 0 unspecified atom stereocenters. The number of aromatic nitrogens is 1. The summed E-state index contributed by atoms with van der Waals surface area (Å²) < 4.78 is 1.84. The van der Waals surface area contributed by atoms with E-state index in [4.69, 9.17) is 4.99 Å². The van der Waals surface area contributed by atoms with E-state index >= 15 is 0 Å². The van der Waals surface area contributed by atoms with Crippen LogP contribution in [0.3, 0.4) is 0 Å². The minimum Gasteiger partial charge on any atom is -0.497 e. The molecule has 10 nitrogen and oxygen atoms in total. The first-order valence-corrected chi connectivity index (χ1v) is 12.5. The molecule has 4 aromatic rings. The first kappa shape index (κ1) is 23.5. The second kappa shape index (κ2) is 8.89. The molecule has 0 saturated heterocycles. The Kier molecular flexibility index (Phi) is 5.50. The van der Waals surface area contributed by atoms with Gasteiger partial charge in [0.2, 0.25) is 0 Å². The van der Waals surface area contributed by atoms with Crippen LogP contribution in [0.5, 0.6) is 5.75 Å². The highest BCUT2D eigenvalue weighted by Crippen LogP contribution is 2.41. The van der Waals surface area contributed by atoms with Crippen LogP contribution in [0, 0.1) is 20.2 Å². The van der Waals surface area contributed by atoms with Gasteiger partial charge >= 0.3 is 11.4 Å². The van der Waals surface area contributed by atoms with E-state index in [1.165, 1.54) is 11.6 Å². The average molecular weight is 527 g/mol. The van der Waals surface area contributed by atoms with E-state index in [9.17, 15) is 30.1 Å². The molecule has 1 atom stereocenters. The Morgan fingerprint density at radius 3 is 2.32 bits per heavy atom. The van der Waals surface area contributed by atoms with Gasteiger partial charge in [0.25, 0.3) is 11.3 Å². The number of allylic oxidation sites excluding steroid dienone is 1. The van der Waals surface area contributed by atoms with E-state index in [0.717, 1.165) is 58.7 Å². The molecular weight excluding hydrogens is 508 g/mol. The van der Waals surface area contributed by atoms with Gasteiger partial charge in [0.15, 0.2) is 4.80 Å². The van der Waals surface area contributed by atoms with Crippen LogP contribution in [-0.2, 0) is 6.42 Å². The predicted octanol–water partition coefficient (Wildman–Crippen LogP) is 3.84. The lowest BCUT2D eigenvalue weighted by Gasteiger charge is -2.30. The molecule has 1 aliphatic heterocycles. The molecule has 1 N–H and O–H groups in total. The zero-order valence-corrected chi connectivity index (χ0v) is 20.4. The molecule has 0 amide bonds. The van der Waals surface area contributed by atoms with Crippen LogP contribution in [-0.4, -0.2) is 19.5 Å². The highest BCUT2D eigenvalue weighted by Gasteiger charge is 2.32. The van der Waals surface area contributed by atoms with Crippen molar-refractivity contribution in [2.75, 3.05) is 0 Å². The summed E-state index contributed by atoms with van der Waals surface area (Å²) in [5, 5.41) is 32.8. The van der Waals surface area contributed by atoms with Gasteiger partial charge in [0.1, 0.15) is 0 Å². The third-order valence-corrected chi connectivity index (χ3v) is 7.75. The molecule has 0 radical (unpaired) electrons. The van der Waals surface area contributed by atoms with Gasteiger partial charge in [0.05, 0.1) is 26.1 Å². The largest absolute Gasteiger partial charge is 0.497 e. The number of fused-ring (bicyclic) bond motifs is 3. The number of nitro groups is 2. The molecule has 1 aromatic heterocycles. The first-order valence-electron chi connectivity index (χ1n) is 11.7. The maximum atomic E-state index is 13.8. The van der Waals surface area contributed by atoms with Crippen molar-refractivity contribution in [3.63, 3.8) is 0 Å². The van der Waals surface area contributed by atoms with Crippen molar-refractivity contribution in [1.29, 1.82) is 0 Å². The predicted molar refractivity (Wildman–Crippen MR) is 141 cm³/mol. The average Bonchev–Trinajstić information content (AvgIpc) is 3.22. The van der Waals surface area contributed by atoms with Gasteiger partial charge in [-0.1, -0.05) is 65.9 Å². The van der Waals surface area contributed by atoms with Crippen LogP contribution in [0.4, 0.5) is 11.4 Å². The number of nitrogens with zero attached hydrogens (tertiary/aromatic N) is 4. The molecule has 11 heteroatoms. The number of rotatable bonds is 4. The standard InChI is InChI=1S/C27H18N4O6S/c32-25-20(30(34)35)12-15(13-21(25)31(36)37)14-22-26(33)29-24(17-7-2-1-3-8-17)19-11-10-16-6-4-5-9-18(16)23(19)28-27(29)38-22/h1-9,12-14,24,32H,10-11H2/b22-14-/t24-/m0/s1. The monoisotopic (exact) mass is 526 g/mol. The molecule has 0 bridgehead atoms. The molecule has 3 aromatic carbocycles. The minimum atomic E-state index is -1.03. The van der Waals surface area contributed by atoms with Crippen molar-refractivity contribution in [2.45, 2.75) is 18.9 Å². The Morgan fingerprint density at radius 2 is 1.63 bits per heavy atom. The van der Waals surface area contributed by atoms with E-state index < -0.39 is 27.0 Å². The van der Waals surface area contributed by atoms with Gasteiger partial charge in [-0.15, -0.1) is 0 Å². The first-order chi connectivity index (χ1) is 18.3. The number of phenolic OH excluding ortho intramolecular Hbond substituents is 1. The molecule has 6 rings (SSSR count). The number of hydrogen-bond donors (Lipinski definition) is 1. The number of aromatic hydroxyl groups is 1. The Morgan fingerprint density at radius 1 is 0.974 bits per heavy atom. The van der Waals surface area contributed by atoms with Crippen molar-refractivity contribution < 1.29 is 15.0 Å². The summed E-state index contributed by atoms with van der Waals surface area (Å²) >= 11 is 1.11. The van der Waals surface area contributed by atoms with E-state index in [-0.39, 0.29) is 21.7 Å². The molecule has 2 heterocycles. The summed E-state index contributed by atoms with van der Waals surface area (Å²) in [6.45, 7) is 0. The summed E-state index contributed by atoms with van der Waals surface area (Å²) in [6.07, 6.45) is 2.91. The summed E-state index contributed by atoms with van der Waals surface area (Å²) in [4.78, 5) is 40.1. The van der Waals surface area contributed by atoms with E-state index in [1.54, 1.807) is 4.57 Å². The third kappa shape index (κ3) is 3.71. The number of thiazole rings is 1. The van der Waals surface area contributed by atoms with Crippen molar-refractivity contribution in [2.24, 2.45) is 4.99 Å². The van der Waals surface area contributed by atoms with Gasteiger partial charge in [-0.2, -0.15) is 0 Å². The molecule has 0 fully saturated rings.